The Bertz CT molecular complexity index is 434. The van der Waals surface area contributed by atoms with Crippen molar-refractivity contribution in [3.05, 3.63) is 17.5 Å². The number of carbonyl (C=O) groups excluding carboxylic acids is 1. The number of nitrogens with zero attached hydrogens (tertiary/aromatic N) is 3. The Morgan fingerprint density at radius 1 is 1.35 bits per heavy atom. The van der Waals surface area contributed by atoms with E-state index < -0.39 is 0 Å². The van der Waals surface area contributed by atoms with E-state index in [0.717, 1.165) is 50.6 Å². The second-order valence-corrected chi connectivity index (χ2v) is 6.02. The summed E-state index contributed by atoms with van der Waals surface area (Å²) in [5.74, 6) is 1.74. The molecular formula is C15H25N3O2. The Hall–Kier alpha value is -1.36. The molecule has 0 N–H and O–H groups in total. The van der Waals surface area contributed by atoms with Crippen LogP contribution in [0.5, 0.6) is 0 Å². The summed E-state index contributed by atoms with van der Waals surface area (Å²) in [7, 11) is 0. The summed E-state index contributed by atoms with van der Waals surface area (Å²) in [5.41, 5.74) is 0.974. The number of carbonyl (C=O) groups is 1. The van der Waals surface area contributed by atoms with Gasteiger partial charge in [-0.05, 0) is 19.3 Å². The molecule has 1 aliphatic heterocycles. The van der Waals surface area contributed by atoms with E-state index in [9.17, 15) is 4.79 Å². The van der Waals surface area contributed by atoms with Gasteiger partial charge in [0.15, 0.2) is 0 Å². The topological polar surface area (TPSA) is 49.6 Å². The fraction of sp³-hybridized carbons (Fsp3) is 0.733. The van der Waals surface area contributed by atoms with Crippen LogP contribution >= 0.6 is 0 Å². The highest BCUT2D eigenvalue weighted by atomic mass is 16.5. The maximum absolute atomic E-state index is 12.1. The van der Waals surface area contributed by atoms with Crippen LogP contribution in [-0.4, -0.2) is 47.0 Å². The number of hydrogen-bond donors (Lipinski definition) is 0. The third-order valence-corrected chi connectivity index (χ3v) is 3.72. The summed E-state index contributed by atoms with van der Waals surface area (Å²) in [6.07, 6.45) is 1.66. The Balaban J connectivity index is 1.73. The lowest BCUT2D eigenvalue weighted by atomic mass is 10.1. The van der Waals surface area contributed by atoms with Gasteiger partial charge in [0.05, 0.1) is 5.69 Å². The van der Waals surface area contributed by atoms with Gasteiger partial charge in [-0.1, -0.05) is 19.0 Å². The van der Waals surface area contributed by atoms with Gasteiger partial charge in [-0.3, -0.25) is 9.69 Å². The molecule has 1 aromatic heterocycles. The third-order valence-electron chi connectivity index (χ3n) is 3.72. The first-order chi connectivity index (χ1) is 9.54. The summed E-state index contributed by atoms with van der Waals surface area (Å²) >= 11 is 0. The predicted octanol–water partition coefficient (Wildman–Crippen LogP) is 2.06. The van der Waals surface area contributed by atoms with E-state index in [1.165, 1.54) is 0 Å². The molecule has 0 bridgehead atoms. The summed E-state index contributed by atoms with van der Waals surface area (Å²) in [6, 6.07) is 1.97. The summed E-state index contributed by atoms with van der Waals surface area (Å²) < 4.78 is 5.08. The molecular weight excluding hydrogens is 254 g/mol. The van der Waals surface area contributed by atoms with Crippen molar-refractivity contribution in [3.8, 4) is 0 Å². The Morgan fingerprint density at radius 2 is 2.05 bits per heavy atom. The van der Waals surface area contributed by atoms with Crippen molar-refractivity contribution in [2.24, 2.45) is 5.92 Å². The zero-order valence-corrected chi connectivity index (χ0v) is 12.8. The molecule has 0 aromatic carbocycles. The number of amides is 1. The molecule has 0 spiro atoms. The summed E-state index contributed by atoms with van der Waals surface area (Å²) in [6.45, 7) is 10.5. The highest BCUT2D eigenvalue weighted by molar-refractivity contribution is 5.76. The van der Waals surface area contributed by atoms with Gasteiger partial charge in [0, 0.05) is 45.2 Å². The molecule has 0 aliphatic carbocycles. The Morgan fingerprint density at radius 3 is 2.60 bits per heavy atom. The van der Waals surface area contributed by atoms with Crippen LogP contribution < -0.4 is 0 Å². The van der Waals surface area contributed by atoms with Crippen molar-refractivity contribution in [3.63, 3.8) is 0 Å². The fourth-order valence-corrected chi connectivity index (χ4v) is 2.45. The number of aromatic nitrogens is 1. The number of rotatable bonds is 5. The highest BCUT2D eigenvalue weighted by Crippen LogP contribution is 2.11. The molecule has 5 nitrogen and oxygen atoms in total. The van der Waals surface area contributed by atoms with E-state index in [2.05, 4.69) is 23.9 Å². The molecule has 0 atom stereocenters. The van der Waals surface area contributed by atoms with Crippen LogP contribution in [0.15, 0.2) is 10.6 Å². The normalized spacial score (nSPS) is 16.9. The van der Waals surface area contributed by atoms with E-state index in [4.69, 9.17) is 4.52 Å². The second kappa shape index (κ2) is 6.88. The van der Waals surface area contributed by atoms with Crippen LogP contribution in [-0.2, 0) is 11.3 Å². The number of piperazine rings is 1. The second-order valence-electron chi connectivity index (χ2n) is 6.02. The molecule has 2 rings (SSSR count). The van der Waals surface area contributed by atoms with Gasteiger partial charge in [0.2, 0.25) is 5.91 Å². The maximum Gasteiger partial charge on any atom is 0.222 e. The Labute approximate surface area is 120 Å². The SMILES string of the molecule is Cc1cc(CN2CCN(C(=O)CCC(C)C)CC2)no1. The van der Waals surface area contributed by atoms with Gasteiger partial charge in [-0.25, -0.2) is 0 Å². The third kappa shape index (κ3) is 4.34. The fourth-order valence-electron chi connectivity index (χ4n) is 2.45. The van der Waals surface area contributed by atoms with Crippen molar-refractivity contribution in [2.45, 2.75) is 40.2 Å². The molecule has 0 radical (unpaired) electrons. The first-order valence-corrected chi connectivity index (χ1v) is 7.47. The quantitative estimate of drug-likeness (QED) is 0.828. The first kappa shape index (κ1) is 15.0. The van der Waals surface area contributed by atoms with Gasteiger partial charge in [0.25, 0.3) is 0 Å². The molecule has 0 saturated carbocycles. The molecule has 1 amide bonds. The Kier molecular flexibility index (Phi) is 5.17. The summed E-state index contributed by atoms with van der Waals surface area (Å²) in [4.78, 5) is 16.4. The number of hydrogen-bond acceptors (Lipinski definition) is 4. The van der Waals surface area contributed by atoms with E-state index in [0.29, 0.717) is 18.2 Å². The molecule has 112 valence electrons. The monoisotopic (exact) mass is 279 g/mol. The van der Waals surface area contributed by atoms with Gasteiger partial charge in [-0.2, -0.15) is 0 Å². The van der Waals surface area contributed by atoms with Crippen LogP contribution in [0.25, 0.3) is 0 Å². The van der Waals surface area contributed by atoms with Crippen LogP contribution in [0.3, 0.4) is 0 Å². The predicted molar refractivity (Wildman–Crippen MR) is 77.2 cm³/mol. The van der Waals surface area contributed by atoms with E-state index in [1.807, 2.05) is 17.9 Å². The molecule has 1 aliphatic rings. The molecule has 1 fully saturated rings. The van der Waals surface area contributed by atoms with Gasteiger partial charge < -0.3 is 9.42 Å². The van der Waals surface area contributed by atoms with Gasteiger partial charge in [-0.15, -0.1) is 0 Å². The first-order valence-electron chi connectivity index (χ1n) is 7.47. The minimum Gasteiger partial charge on any atom is -0.361 e. The number of aryl methyl sites for hydroxylation is 1. The van der Waals surface area contributed by atoms with E-state index in [1.54, 1.807) is 0 Å². The van der Waals surface area contributed by atoms with Crippen molar-refractivity contribution in [2.75, 3.05) is 26.2 Å². The average Bonchev–Trinajstić information content (AvgIpc) is 2.82. The minimum atomic E-state index is 0.302. The van der Waals surface area contributed by atoms with E-state index in [-0.39, 0.29) is 0 Å². The van der Waals surface area contributed by atoms with E-state index >= 15 is 0 Å². The average molecular weight is 279 g/mol. The van der Waals surface area contributed by atoms with Crippen LogP contribution in [0.2, 0.25) is 0 Å². The zero-order chi connectivity index (χ0) is 14.5. The summed E-state index contributed by atoms with van der Waals surface area (Å²) in [5, 5.41) is 4.02. The zero-order valence-electron chi connectivity index (χ0n) is 12.8. The largest absolute Gasteiger partial charge is 0.361 e. The van der Waals surface area contributed by atoms with Crippen molar-refractivity contribution < 1.29 is 9.32 Å². The molecule has 1 saturated heterocycles. The lowest BCUT2D eigenvalue weighted by Gasteiger charge is -2.34. The smallest absolute Gasteiger partial charge is 0.222 e. The maximum atomic E-state index is 12.1. The molecule has 1 aromatic rings. The minimum absolute atomic E-state index is 0.302. The van der Waals surface area contributed by atoms with Crippen LogP contribution in [0, 0.1) is 12.8 Å². The van der Waals surface area contributed by atoms with Gasteiger partial charge >= 0.3 is 0 Å². The lowest BCUT2D eigenvalue weighted by Crippen LogP contribution is -2.48. The molecule has 5 heteroatoms. The standard InChI is InChI=1S/C15H25N3O2/c1-12(2)4-5-15(19)18-8-6-17(7-9-18)11-14-10-13(3)20-16-14/h10,12H,4-9,11H2,1-3H3. The molecule has 0 unspecified atom stereocenters. The van der Waals surface area contributed by atoms with Gasteiger partial charge in [0.1, 0.15) is 5.76 Å². The molecule has 20 heavy (non-hydrogen) atoms. The van der Waals surface area contributed by atoms with Crippen molar-refractivity contribution in [1.82, 2.24) is 15.0 Å². The lowest BCUT2D eigenvalue weighted by molar-refractivity contribution is -0.133. The van der Waals surface area contributed by atoms with Crippen LogP contribution in [0.4, 0.5) is 0 Å². The van der Waals surface area contributed by atoms with Crippen molar-refractivity contribution >= 4 is 5.91 Å². The van der Waals surface area contributed by atoms with Crippen molar-refractivity contribution in [1.29, 1.82) is 0 Å². The molecule has 2 heterocycles. The highest BCUT2D eigenvalue weighted by Gasteiger charge is 2.21. The van der Waals surface area contributed by atoms with Crippen LogP contribution in [0.1, 0.15) is 38.1 Å².